The molecule has 0 aliphatic heterocycles. The zero-order chi connectivity index (χ0) is 12.3. The molecule has 0 aliphatic carbocycles. The molecule has 1 aromatic carbocycles. The molecule has 0 saturated carbocycles. The quantitative estimate of drug-likeness (QED) is 0.892. The van der Waals surface area contributed by atoms with E-state index < -0.39 is 0 Å². The fourth-order valence-electron chi connectivity index (χ4n) is 1.87. The molecule has 0 radical (unpaired) electrons. The zero-order valence-electron chi connectivity index (χ0n) is 10.0. The second-order valence-electron chi connectivity index (χ2n) is 3.93. The summed E-state index contributed by atoms with van der Waals surface area (Å²) >= 11 is 5.89. The third-order valence-corrected chi connectivity index (χ3v) is 3.06. The maximum Gasteiger partial charge on any atom is 0.125 e. The van der Waals surface area contributed by atoms with Gasteiger partial charge >= 0.3 is 0 Å². The van der Waals surface area contributed by atoms with E-state index >= 15 is 0 Å². The number of rotatable bonds is 4. The average molecular weight is 250 g/mol. The van der Waals surface area contributed by atoms with Crippen molar-refractivity contribution >= 4 is 11.6 Å². The Labute approximate surface area is 107 Å². The number of halogens is 1. The summed E-state index contributed by atoms with van der Waals surface area (Å²) in [7, 11) is 1.92. The molecule has 2 nitrogen and oxygen atoms in total. The number of hydrogen-bond acceptors (Lipinski definition) is 2. The standard InChI is InChI=1S/C14H16ClNO/c1-3-12-8-9-13(17-12)14(16-2)10-4-6-11(15)7-5-10/h4-9,14,16H,3H2,1-2H3. The van der Waals surface area contributed by atoms with Crippen LogP contribution in [0.5, 0.6) is 0 Å². The van der Waals surface area contributed by atoms with E-state index in [1.807, 2.05) is 43.4 Å². The summed E-state index contributed by atoms with van der Waals surface area (Å²) in [6.45, 7) is 2.08. The van der Waals surface area contributed by atoms with Crippen LogP contribution in [-0.2, 0) is 6.42 Å². The van der Waals surface area contributed by atoms with Crippen LogP contribution in [0.15, 0.2) is 40.8 Å². The second kappa shape index (κ2) is 5.39. The average Bonchev–Trinajstić information content (AvgIpc) is 2.81. The highest BCUT2D eigenvalue weighted by molar-refractivity contribution is 6.30. The normalized spacial score (nSPS) is 12.6. The molecule has 0 bridgehead atoms. The van der Waals surface area contributed by atoms with Gasteiger partial charge in [0.2, 0.25) is 0 Å². The van der Waals surface area contributed by atoms with E-state index in [9.17, 15) is 0 Å². The van der Waals surface area contributed by atoms with E-state index in [4.69, 9.17) is 16.0 Å². The van der Waals surface area contributed by atoms with Gasteiger partial charge in [-0.1, -0.05) is 30.7 Å². The van der Waals surface area contributed by atoms with Crippen molar-refractivity contribution in [3.8, 4) is 0 Å². The van der Waals surface area contributed by atoms with Crippen molar-refractivity contribution in [2.24, 2.45) is 0 Å². The molecule has 0 aliphatic rings. The van der Waals surface area contributed by atoms with Crippen molar-refractivity contribution in [3.63, 3.8) is 0 Å². The summed E-state index contributed by atoms with van der Waals surface area (Å²) in [5, 5.41) is 4.00. The Hall–Kier alpha value is -1.25. The van der Waals surface area contributed by atoms with Crippen molar-refractivity contribution in [1.82, 2.24) is 5.32 Å². The molecule has 17 heavy (non-hydrogen) atoms. The predicted molar refractivity (Wildman–Crippen MR) is 70.4 cm³/mol. The molecular weight excluding hydrogens is 234 g/mol. The molecule has 1 aromatic heterocycles. The molecule has 90 valence electrons. The number of nitrogens with one attached hydrogen (secondary N) is 1. The highest BCUT2D eigenvalue weighted by Crippen LogP contribution is 2.25. The van der Waals surface area contributed by atoms with Gasteiger partial charge in [-0.15, -0.1) is 0 Å². The van der Waals surface area contributed by atoms with E-state index in [0.29, 0.717) is 0 Å². The number of benzene rings is 1. The lowest BCUT2D eigenvalue weighted by Crippen LogP contribution is -2.16. The number of aryl methyl sites for hydroxylation is 1. The Morgan fingerprint density at radius 1 is 1.18 bits per heavy atom. The van der Waals surface area contributed by atoms with Gasteiger partial charge in [0.25, 0.3) is 0 Å². The molecule has 0 amide bonds. The molecule has 1 N–H and O–H groups in total. The Morgan fingerprint density at radius 2 is 1.88 bits per heavy atom. The van der Waals surface area contributed by atoms with Crippen molar-refractivity contribution in [3.05, 3.63) is 58.5 Å². The molecular formula is C14H16ClNO. The second-order valence-corrected chi connectivity index (χ2v) is 4.37. The third-order valence-electron chi connectivity index (χ3n) is 2.81. The predicted octanol–water partition coefficient (Wildman–Crippen LogP) is 3.80. The van der Waals surface area contributed by atoms with Crippen molar-refractivity contribution in [2.75, 3.05) is 7.05 Å². The highest BCUT2D eigenvalue weighted by Gasteiger charge is 2.15. The van der Waals surface area contributed by atoms with E-state index in [1.54, 1.807) is 0 Å². The van der Waals surface area contributed by atoms with E-state index in [-0.39, 0.29) is 6.04 Å². The summed E-state index contributed by atoms with van der Waals surface area (Å²) < 4.78 is 5.77. The molecule has 3 heteroatoms. The van der Waals surface area contributed by atoms with Gasteiger partial charge in [-0.2, -0.15) is 0 Å². The minimum atomic E-state index is 0.0765. The Bertz CT molecular complexity index is 475. The molecule has 0 saturated heterocycles. The van der Waals surface area contributed by atoms with Crippen LogP contribution in [0.3, 0.4) is 0 Å². The van der Waals surface area contributed by atoms with Crippen LogP contribution in [0.4, 0.5) is 0 Å². The van der Waals surface area contributed by atoms with Gasteiger partial charge in [0, 0.05) is 11.4 Å². The smallest absolute Gasteiger partial charge is 0.125 e. The lowest BCUT2D eigenvalue weighted by atomic mass is 10.1. The van der Waals surface area contributed by atoms with Crippen molar-refractivity contribution in [2.45, 2.75) is 19.4 Å². The van der Waals surface area contributed by atoms with Crippen LogP contribution in [0.25, 0.3) is 0 Å². The number of hydrogen-bond donors (Lipinski definition) is 1. The first-order chi connectivity index (χ1) is 8.24. The van der Waals surface area contributed by atoms with Crippen LogP contribution >= 0.6 is 11.6 Å². The maximum absolute atomic E-state index is 5.89. The summed E-state index contributed by atoms with van der Waals surface area (Å²) in [4.78, 5) is 0. The lowest BCUT2D eigenvalue weighted by Gasteiger charge is -2.14. The van der Waals surface area contributed by atoms with Crippen molar-refractivity contribution < 1.29 is 4.42 Å². The Morgan fingerprint density at radius 3 is 2.41 bits per heavy atom. The van der Waals surface area contributed by atoms with Gasteiger partial charge < -0.3 is 9.73 Å². The first kappa shape index (κ1) is 12.2. The van der Waals surface area contributed by atoms with Gasteiger partial charge in [0.15, 0.2) is 0 Å². The van der Waals surface area contributed by atoms with Crippen LogP contribution in [0.2, 0.25) is 5.02 Å². The van der Waals surface area contributed by atoms with Gasteiger partial charge in [-0.25, -0.2) is 0 Å². The van der Waals surface area contributed by atoms with Crippen LogP contribution in [0.1, 0.15) is 30.0 Å². The minimum Gasteiger partial charge on any atom is -0.464 e. The fourth-order valence-corrected chi connectivity index (χ4v) is 1.99. The topological polar surface area (TPSA) is 25.2 Å². The summed E-state index contributed by atoms with van der Waals surface area (Å²) in [5.74, 6) is 1.95. The largest absolute Gasteiger partial charge is 0.464 e. The first-order valence-electron chi connectivity index (χ1n) is 5.76. The summed E-state index contributed by atoms with van der Waals surface area (Å²) in [5.41, 5.74) is 1.15. The number of furan rings is 1. The molecule has 1 unspecified atom stereocenters. The summed E-state index contributed by atoms with van der Waals surface area (Å²) in [6, 6.07) is 11.9. The molecule has 1 heterocycles. The monoisotopic (exact) mass is 249 g/mol. The molecule has 0 spiro atoms. The third kappa shape index (κ3) is 2.71. The van der Waals surface area contributed by atoms with Crippen LogP contribution < -0.4 is 5.32 Å². The van der Waals surface area contributed by atoms with Gasteiger partial charge in [-0.3, -0.25) is 0 Å². The SMILES string of the molecule is CCc1ccc(C(NC)c2ccc(Cl)cc2)o1. The van der Waals surface area contributed by atoms with E-state index in [0.717, 1.165) is 28.5 Å². The van der Waals surface area contributed by atoms with Gasteiger partial charge in [0.05, 0.1) is 6.04 Å². The Balaban J connectivity index is 2.29. The molecule has 2 rings (SSSR count). The molecule has 0 fully saturated rings. The molecule has 2 aromatic rings. The van der Waals surface area contributed by atoms with Gasteiger partial charge in [0.1, 0.15) is 11.5 Å². The maximum atomic E-state index is 5.89. The van der Waals surface area contributed by atoms with Crippen LogP contribution in [-0.4, -0.2) is 7.05 Å². The highest BCUT2D eigenvalue weighted by atomic mass is 35.5. The Kier molecular flexibility index (Phi) is 3.87. The zero-order valence-corrected chi connectivity index (χ0v) is 10.8. The van der Waals surface area contributed by atoms with Crippen molar-refractivity contribution in [1.29, 1.82) is 0 Å². The fraction of sp³-hybridized carbons (Fsp3) is 0.286. The lowest BCUT2D eigenvalue weighted by molar-refractivity contribution is 0.434. The van der Waals surface area contributed by atoms with Gasteiger partial charge in [-0.05, 0) is 36.9 Å². The minimum absolute atomic E-state index is 0.0765. The summed E-state index contributed by atoms with van der Waals surface area (Å²) in [6.07, 6.45) is 0.914. The van der Waals surface area contributed by atoms with Crippen LogP contribution in [0, 0.1) is 0 Å². The molecule has 1 atom stereocenters. The van der Waals surface area contributed by atoms with E-state index in [1.165, 1.54) is 0 Å². The van der Waals surface area contributed by atoms with E-state index in [2.05, 4.69) is 12.2 Å². The first-order valence-corrected chi connectivity index (χ1v) is 6.13.